The highest BCUT2D eigenvalue weighted by Gasteiger charge is 2.54. The summed E-state index contributed by atoms with van der Waals surface area (Å²) in [4.78, 5) is 0. The van der Waals surface area contributed by atoms with Crippen LogP contribution in [0.2, 0.25) is 0 Å². The van der Waals surface area contributed by atoms with Gasteiger partial charge in [-0.15, -0.1) is 0 Å². The molecule has 1 spiro atoms. The van der Waals surface area contributed by atoms with Crippen LogP contribution < -0.4 is 16.4 Å². The van der Waals surface area contributed by atoms with Gasteiger partial charge >= 0.3 is 0 Å². The van der Waals surface area contributed by atoms with E-state index in [2.05, 4.69) is 214 Å². The van der Waals surface area contributed by atoms with Crippen molar-refractivity contribution in [3.63, 3.8) is 0 Å². The lowest BCUT2D eigenvalue weighted by molar-refractivity contribution is 0.534. The van der Waals surface area contributed by atoms with E-state index in [4.69, 9.17) is 0 Å². The average Bonchev–Trinajstić information content (AvgIpc) is 3.96. The van der Waals surface area contributed by atoms with Crippen molar-refractivity contribution in [2.45, 2.75) is 58.8 Å². The van der Waals surface area contributed by atoms with E-state index in [1.54, 1.807) is 0 Å². The number of fused-ring (bicyclic) bond motifs is 11. The largest absolute Gasteiger partial charge is 0.310 e. The van der Waals surface area contributed by atoms with E-state index in [0.29, 0.717) is 23.7 Å². The number of rotatable bonds is 6. The maximum Gasteiger partial charge on any atom is 0.252 e. The minimum absolute atomic E-state index is 0.0430. The van der Waals surface area contributed by atoms with E-state index in [9.17, 15) is 0 Å². The Hall–Kier alpha value is -6.84. The Bertz CT molecular complexity index is 3610. The third kappa shape index (κ3) is 4.29. The summed E-state index contributed by atoms with van der Waals surface area (Å²) in [5.41, 5.74) is 26.7. The van der Waals surface area contributed by atoms with Crippen LogP contribution in [-0.4, -0.2) is 15.8 Å². The van der Waals surface area contributed by atoms with Crippen LogP contribution in [0.1, 0.15) is 86.8 Å². The van der Waals surface area contributed by atoms with Gasteiger partial charge in [-0.3, -0.25) is 0 Å². The standard InChI is InChI=1S/C61H49BN2/c1-34(2)36(5)40-30-45-46-31-41(37(6)35(3)4)33-52-59(46)64-57(45)50(32-40)61(47-25-15-13-22-42(47)43-23-14-16-26-48(43)61)49-28-29-53-55(60(49)64)62(52)51-27-17-24-44-54(38-18-9-7-10-19-38)56(63(53)58(44)51)39-20-11-8-12-21-39/h7-37H,1-6H3. The summed E-state index contributed by atoms with van der Waals surface area (Å²) >= 11 is 0. The molecule has 64 heavy (non-hydrogen) atoms. The van der Waals surface area contributed by atoms with Gasteiger partial charge in [-0.25, -0.2) is 0 Å². The summed E-state index contributed by atoms with van der Waals surface area (Å²) in [7, 11) is 0. The van der Waals surface area contributed by atoms with Crippen LogP contribution in [0.4, 0.5) is 0 Å². The van der Waals surface area contributed by atoms with Crippen LogP contribution in [0.25, 0.3) is 77.6 Å². The number of hydrogen-bond donors (Lipinski definition) is 0. The normalized spacial score (nSPS) is 15.3. The molecule has 2 nitrogen and oxygen atoms in total. The highest BCUT2D eigenvalue weighted by molar-refractivity contribution is 7.00. The van der Waals surface area contributed by atoms with Crippen molar-refractivity contribution in [2.75, 3.05) is 0 Å². The number of hydrogen-bond acceptors (Lipinski definition) is 0. The van der Waals surface area contributed by atoms with Gasteiger partial charge in [0, 0.05) is 44.1 Å². The van der Waals surface area contributed by atoms with Crippen molar-refractivity contribution in [2.24, 2.45) is 11.8 Å². The maximum atomic E-state index is 2.78. The summed E-state index contributed by atoms with van der Waals surface area (Å²) in [6.45, 7) is 14.5. The molecule has 10 aromatic rings. The fourth-order valence-electron chi connectivity index (χ4n) is 13.0. The van der Waals surface area contributed by atoms with Gasteiger partial charge in [0.05, 0.1) is 16.6 Å². The molecule has 0 N–H and O–H groups in total. The quantitative estimate of drug-likeness (QED) is 0.148. The Morgan fingerprint density at radius 2 is 1.02 bits per heavy atom. The van der Waals surface area contributed by atoms with Crippen LogP contribution in [0, 0.1) is 11.8 Å². The summed E-state index contributed by atoms with van der Waals surface area (Å²) < 4.78 is 5.45. The van der Waals surface area contributed by atoms with Gasteiger partial charge in [0.15, 0.2) is 0 Å². The first-order valence-corrected chi connectivity index (χ1v) is 23.6. The summed E-state index contributed by atoms with van der Waals surface area (Å²) in [6.07, 6.45) is 0. The van der Waals surface area contributed by atoms with Crippen LogP contribution >= 0.6 is 0 Å². The number of para-hydroxylation sites is 1. The summed E-state index contributed by atoms with van der Waals surface area (Å²) in [6, 6.07) is 63.7. The first-order chi connectivity index (χ1) is 31.3. The predicted molar refractivity (Wildman–Crippen MR) is 271 cm³/mol. The second-order valence-electron chi connectivity index (χ2n) is 20.1. The van der Waals surface area contributed by atoms with Gasteiger partial charge in [-0.05, 0) is 114 Å². The van der Waals surface area contributed by atoms with Gasteiger partial charge in [0.1, 0.15) is 0 Å². The Labute approximate surface area is 375 Å². The molecule has 2 unspecified atom stereocenters. The molecule has 2 aromatic heterocycles. The van der Waals surface area contributed by atoms with Gasteiger partial charge in [0.2, 0.25) is 0 Å². The van der Waals surface area contributed by atoms with E-state index in [0.717, 1.165) is 0 Å². The smallest absolute Gasteiger partial charge is 0.252 e. The minimum atomic E-state index is -0.510. The topological polar surface area (TPSA) is 9.86 Å². The van der Waals surface area contributed by atoms with Crippen molar-refractivity contribution in [3.05, 3.63) is 197 Å². The zero-order valence-corrected chi connectivity index (χ0v) is 37.4. The Morgan fingerprint density at radius 1 is 0.438 bits per heavy atom. The van der Waals surface area contributed by atoms with Gasteiger partial charge in [-0.1, -0.05) is 187 Å². The Balaban J connectivity index is 1.24. The molecule has 0 saturated heterocycles. The van der Waals surface area contributed by atoms with Gasteiger partial charge < -0.3 is 9.13 Å². The molecule has 306 valence electrons. The van der Waals surface area contributed by atoms with Crippen LogP contribution in [-0.2, 0) is 5.41 Å². The van der Waals surface area contributed by atoms with Crippen LogP contribution in [0.3, 0.4) is 0 Å². The van der Waals surface area contributed by atoms with Crippen molar-refractivity contribution in [1.29, 1.82) is 0 Å². The van der Waals surface area contributed by atoms with Crippen molar-refractivity contribution >= 4 is 55.8 Å². The molecule has 0 bridgehead atoms. The molecule has 0 saturated carbocycles. The lowest BCUT2D eigenvalue weighted by Crippen LogP contribution is -2.60. The molecule has 14 rings (SSSR count). The second-order valence-corrected chi connectivity index (χ2v) is 20.1. The second kappa shape index (κ2) is 12.7. The van der Waals surface area contributed by atoms with Crippen LogP contribution in [0.5, 0.6) is 0 Å². The highest BCUT2D eigenvalue weighted by Crippen LogP contribution is 2.62. The molecule has 0 fully saturated rings. The van der Waals surface area contributed by atoms with E-state index in [-0.39, 0.29) is 6.71 Å². The fraction of sp³-hybridized carbons (Fsp3) is 0.180. The molecule has 3 aliphatic heterocycles. The van der Waals surface area contributed by atoms with E-state index in [1.165, 1.54) is 127 Å². The molecule has 4 aliphatic rings. The minimum Gasteiger partial charge on any atom is -0.310 e. The Kier molecular flexibility index (Phi) is 7.25. The highest BCUT2D eigenvalue weighted by atomic mass is 15.1. The molecule has 1 aliphatic carbocycles. The molecule has 3 heteroatoms. The number of aromatic nitrogens is 2. The lowest BCUT2D eigenvalue weighted by atomic mass is 9.33. The summed E-state index contributed by atoms with van der Waals surface area (Å²) in [5, 5.41) is 4.10. The molecule has 0 amide bonds. The molecule has 2 atom stereocenters. The predicted octanol–water partition coefficient (Wildman–Crippen LogP) is 13.4. The third-order valence-corrected chi connectivity index (χ3v) is 16.5. The maximum absolute atomic E-state index is 2.78. The van der Waals surface area contributed by atoms with E-state index in [1.807, 2.05) is 0 Å². The molecular formula is C61H49BN2. The van der Waals surface area contributed by atoms with Gasteiger partial charge in [0.25, 0.3) is 6.71 Å². The third-order valence-electron chi connectivity index (χ3n) is 16.5. The zero-order chi connectivity index (χ0) is 42.9. The summed E-state index contributed by atoms with van der Waals surface area (Å²) in [5.74, 6) is 1.78. The molecule has 5 heterocycles. The molecule has 8 aromatic carbocycles. The van der Waals surface area contributed by atoms with Gasteiger partial charge in [-0.2, -0.15) is 0 Å². The zero-order valence-electron chi connectivity index (χ0n) is 37.4. The fourth-order valence-corrected chi connectivity index (χ4v) is 13.0. The average molecular weight is 821 g/mol. The molecule has 0 radical (unpaired) electrons. The molecular weight excluding hydrogens is 771 g/mol. The van der Waals surface area contributed by atoms with Crippen molar-refractivity contribution < 1.29 is 0 Å². The van der Waals surface area contributed by atoms with Crippen LogP contribution in [0.15, 0.2) is 164 Å². The first kappa shape index (κ1) is 36.6. The Morgan fingerprint density at radius 3 is 1.67 bits per heavy atom. The van der Waals surface area contributed by atoms with E-state index >= 15 is 0 Å². The number of nitrogens with zero attached hydrogens (tertiary/aromatic N) is 2. The lowest BCUT2D eigenvalue weighted by Gasteiger charge is -2.44. The number of benzene rings is 8. The van der Waals surface area contributed by atoms with E-state index < -0.39 is 5.41 Å². The SMILES string of the molecule is CC(C)C(C)c1cc2c3c(c1)c1cc(C(C)C(C)C)cc4c1n3-c1c(ccc3c1B2c1cccc2c(-c5ccccc5)c(-c5ccccc5)n-3c12)C41c2ccccc2-c2ccccc21. The van der Waals surface area contributed by atoms with Crippen molar-refractivity contribution in [1.82, 2.24) is 9.13 Å². The monoisotopic (exact) mass is 820 g/mol. The van der Waals surface area contributed by atoms with Crippen molar-refractivity contribution in [3.8, 4) is 44.9 Å². The first-order valence-electron chi connectivity index (χ1n) is 23.6.